The number of methoxy groups -OCH3 is 1. The molecule has 7 heteroatoms. The van der Waals surface area contributed by atoms with Crippen molar-refractivity contribution in [1.29, 1.82) is 0 Å². The van der Waals surface area contributed by atoms with Crippen molar-refractivity contribution in [3.05, 3.63) is 59.7 Å². The number of esters is 1. The van der Waals surface area contributed by atoms with Crippen molar-refractivity contribution < 1.29 is 19.1 Å². The SMILES string of the molecule is COC(=O)c1ccc(NC(=O)COc2ccccc2C2SCCS2)cc1. The van der Waals surface area contributed by atoms with Gasteiger partial charge in [-0.25, -0.2) is 4.79 Å². The Bertz CT molecular complexity index is 773. The molecular formula is C19H19NO4S2. The van der Waals surface area contributed by atoms with E-state index in [-0.39, 0.29) is 12.5 Å². The number of carbonyl (C=O) groups excluding carboxylic acids is 2. The minimum atomic E-state index is -0.412. The Labute approximate surface area is 160 Å². The monoisotopic (exact) mass is 389 g/mol. The molecule has 1 aliphatic rings. The number of nitrogens with one attached hydrogen (secondary N) is 1. The number of ether oxygens (including phenoxy) is 2. The number of benzene rings is 2. The third kappa shape index (κ3) is 4.74. The third-order valence-corrected chi connectivity index (χ3v) is 6.81. The fourth-order valence-corrected chi connectivity index (χ4v) is 5.40. The topological polar surface area (TPSA) is 64.6 Å². The van der Waals surface area contributed by atoms with Gasteiger partial charge in [0.1, 0.15) is 5.75 Å². The number of amides is 1. The number of thioether (sulfide) groups is 2. The largest absolute Gasteiger partial charge is 0.483 e. The molecule has 0 aromatic heterocycles. The highest BCUT2D eigenvalue weighted by atomic mass is 32.2. The first-order chi connectivity index (χ1) is 12.7. The molecule has 3 rings (SSSR count). The Balaban J connectivity index is 1.57. The summed E-state index contributed by atoms with van der Waals surface area (Å²) in [5.74, 6) is 2.34. The predicted molar refractivity (Wildman–Crippen MR) is 106 cm³/mol. The van der Waals surface area contributed by atoms with E-state index in [1.807, 2.05) is 41.7 Å². The first-order valence-corrected chi connectivity index (χ1v) is 10.2. The van der Waals surface area contributed by atoms with Crippen molar-refractivity contribution >= 4 is 41.1 Å². The van der Waals surface area contributed by atoms with E-state index in [0.717, 1.165) is 22.8 Å². The van der Waals surface area contributed by atoms with Gasteiger partial charge in [-0.15, -0.1) is 23.5 Å². The van der Waals surface area contributed by atoms with Crippen LogP contribution in [0.3, 0.4) is 0 Å². The molecule has 0 saturated carbocycles. The van der Waals surface area contributed by atoms with Gasteiger partial charge in [-0.1, -0.05) is 18.2 Å². The number of rotatable bonds is 6. The maximum absolute atomic E-state index is 12.2. The van der Waals surface area contributed by atoms with Gasteiger partial charge in [0.2, 0.25) is 0 Å². The van der Waals surface area contributed by atoms with Crippen molar-refractivity contribution in [1.82, 2.24) is 0 Å². The summed E-state index contributed by atoms with van der Waals surface area (Å²) in [5, 5.41) is 2.76. The zero-order valence-electron chi connectivity index (χ0n) is 14.3. The van der Waals surface area contributed by atoms with Gasteiger partial charge in [0.25, 0.3) is 5.91 Å². The molecule has 0 bridgehead atoms. The first kappa shape index (κ1) is 18.7. The number of hydrogen-bond acceptors (Lipinski definition) is 6. The van der Waals surface area contributed by atoms with Crippen molar-refractivity contribution in [2.75, 3.05) is 30.5 Å². The number of hydrogen-bond donors (Lipinski definition) is 1. The van der Waals surface area contributed by atoms with Gasteiger partial charge in [-0.05, 0) is 30.3 Å². The van der Waals surface area contributed by atoms with Crippen molar-refractivity contribution in [3.63, 3.8) is 0 Å². The molecule has 26 heavy (non-hydrogen) atoms. The lowest BCUT2D eigenvalue weighted by Crippen LogP contribution is -2.20. The molecule has 2 aromatic carbocycles. The van der Waals surface area contributed by atoms with Crippen LogP contribution in [0.1, 0.15) is 20.5 Å². The molecular weight excluding hydrogens is 370 g/mol. The Morgan fingerprint density at radius 2 is 1.77 bits per heavy atom. The molecule has 1 aliphatic heterocycles. The summed E-state index contributed by atoms with van der Waals surface area (Å²) in [7, 11) is 1.33. The second kappa shape index (κ2) is 9.00. The van der Waals surface area contributed by atoms with Crippen LogP contribution in [0, 0.1) is 0 Å². The molecule has 1 fully saturated rings. The molecule has 1 saturated heterocycles. The van der Waals surface area contributed by atoms with Crippen molar-refractivity contribution in [2.24, 2.45) is 0 Å². The van der Waals surface area contributed by atoms with E-state index >= 15 is 0 Å². The highest BCUT2D eigenvalue weighted by Gasteiger charge is 2.21. The molecule has 0 unspecified atom stereocenters. The second-order valence-electron chi connectivity index (χ2n) is 5.52. The van der Waals surface area contributed by atoms with Crippen LogP contribution in [0.2, 0.25) is 0 Å². The highest BCUT2D eigenvalue weighted by molar-refractivity contribution is 8.19. The number of para-hydroxylation sites is 1. The Morgan fingerprint density at radius 3 is 2.46 bits per heavy atom. The van der Waals surface area contributed by atoms with E-state index in [4.69, 9.17) is 4.74 Å². The van der Waals surface area contributed by atoms with Crippen LogP contribution in [-0.2, 0) is 9.53 Å². The van der Waals surface area contributed by atoms with E-state index in [2.05, 4.69) is 16.1 Å². The van der Waals surface area contributed by atoms with E-state index in [1.54, 1.807) is 24.3 Å². The lowest BCUT2D eigenvalue weighted by molar-refractivity contribution is -0.118. The summed E-state index contributed by atoms with van der Waals surface area (Å²) in [4.78, 5) is 23.6. The second-order valence-corrected chi connectivity index (χ2v) is 8.24. The average molecular weight is 389 g/mol. The highest BCUT2D eigenvalue weighted by Crippen LogP contribution is 2.48. The molecule has 1 heterocycles. The van der Waals surface area contributed by atoms with Gasteiger partial charge in [-0.3, -0.25) is 4.79 Å². The lowest BCUT2D eigenvalue weighted by atomic mass is 10.2. The molecule has 0 radical (unpaired) electrons. The molecule has 5 nitrogen and oxygen atoms in total. The Hall–Kier alpha value is -2.12. The molecule has 0 spiro atoms. The van der Waals surface area contributed by atoms with Crippen LogP contribution in [0.5, 0.6) is 5.75 Å². The molecule has 1 N–H and O–H groups in total. The smallest absolute Gasteiger partial charge is 0.337 e. The maximum atomic E-state index is 12.2. The Kier molecular flexibility index (Phi) is 6.46. The summed E-state index contributed by atoms with van der Waals surface area (Å²) in [6, 6.07) is 14.4. The van der Waals surface area contributed by atoms with Gasteiger partial charge in [0.15, 0.2) is 6.61 Å². The van der Waals surface area contributed by atoms with Crippen LogP contribution < -0.4 is 10.1 Å². The summed E-state index contributed by atoms with van der Waals surface area (Å²) in [6.07, 6.45) is 0. The van der Waals surface area contributed by atoms with E-state index < -0.39 is 5.97 Å². The zero-order chi connectivity index (χ0) is 18.4. The quantitative estimate of drug-likeness (QED) is 0.754. The third-order valence-electron chi connectivity index (χ3n) is 3.74. The number of anilines is 1. The van der Waals surface area contributed by atoms with Gasteiger partial charge < -0.3 is 14.8 Å². The normalized spacial score (nSPS) is 14.0. The minimum absolute atomic E-state index is 0.0716. The summed E-state index contributed by atoms with van der Waals surface area (Å²) in [6.45, 7) is -0.0716. The fraction of sp³-hybridized carbons (Fsp3) is 0.263. The van der Waals surface area contributed by atoms with Crippen LogP contribution in [-0.4, -0.2) is 37.1 Å². The Morgan fingerprint density at radius 1 is 1.08 bits per heavy atom. The van der Waals surface area contributed by atoms with Gasteiger partial charge in [0.05, 0.1) is 17.3 Å². The molecule has 1 amide bonds. The van der Waals surface area contributed by atoms with Crippen LogP contribution in [0.4, 0.5) is 5.69 Å². The zero-order valence-corrected chi connectivity index (χ0v) is 15.9. The van der Waals surface area contributed by atoms with Gasteiger partial charge >= 0.3 is 5.97 Å². The summed E-state index contributed by atoms with van der Waals surface area (Å²) < 4.78 is 10.8. The van der Waals surface area contributed by atoms with E-state index in [1.165, 1.54) is 7.11 Å². The van der Waals surface area contributed by atoms with E-state index in [0.29, 0.717) is 15.8 Å². The molecule has 2 aromatic rings. The van der Waals surface area contributed by atoms with Crippen LogP contribution in [0.15, 0.2) is 48.5 Å². The van der Waals surface area contributed by atoms with E-state index in [9.17, 15) is 9.59 Å². The van der Waals surface area contributed by atoms with Gasteiger partial charge in [-0.2, -0.15) is 0 Å². The minimum Gasteiger partial charge on any atom is -0.483 e. The van der Waals surface area contributed by atoms with Gasteiger partial charge in [0, 0.05) is 22.8 Å². The predicted octanol–water partition coefficient (Wildman–Crippen LogP) is 3.97. The average Bonchev–Trinajstić information content (AvgIpc) is 3.21. The fourth-order valence-electron chi connectivity index (χ4n) is 2.49. The molecule has 0 atom stereocenters. The first-order valence-electron chi connectivity index (χ1n) is 8.10. The summed E-state index contributed by atoms with van der Waals surface area (Å²) >= 11 is 3.79. The van der Waals surface area contributed by atoms with Crippen LogP contribution in [0.25, 0.3) is 0 Å². The molecule has 0 aliphatic carbocycles. The lowest BCUT2D eigenvalue weighted by Gasteiger charge is -2.15. The van der Waals surface area contributed by atoms with Crippen LogP contribution >= 0.6 is 23.5 Å². The maximum Gasteiger partial charge on any atom is 0.337 e. The summed E-state index contributed by atoms with van der Waals surface area (Å²) in [5.41, 5.74) is 2.15. The number of carbonyl (C=O) groups is 2. The molecule has 136 valence electrons. The standard InChI is InChI=1S/C19H19NO4S2/c1-23-18(22)13-6-8-14(9-7-13)20-17(21)12-24-16-5-3-2-4-15(16)19-25-10-11-26-19/h2-9,19H,10-12H2,1H3,(H,20,21). The van der Waals surface area contributed by atoms with Crippen molar-refractivity contribution in [3.8, 4) is 5.75 Å². The van der Waals surface area contributed by atoms with Crippen molar-refractivity contribution in [2.45, 2.75) is 4.58 Å².